The molecule has 3 aliphatic carbocycles. The van der Waals surface area contributed by atoms with Crippen molar-refractivity contribution < 1.29 is 0 Å². The van der Waals surface area contributed by atoms with Crippen LogP contribution < -0.4 is 0 Å². The van der Waals surface area contributed by atoms with Crippen molar-refractivity contribution >= 4 is 0 Å². The molecule has 15 heavy (non-hydrogen) atoms. The average Bonchev–Trinajstić information content (AvgIpc) is 2.88. The normalized spacial score (nSPS) is 51.5. The van der Waals surface area contributed by atoms with Crippen LogP contribution in [0.5, 0.6) is 0 Å². The summed E-state index contributed by atoms with van der Waals surface area (Å²) in [4.78, 5) is 0. The lowest BCUT2D eigenvalue weighted by Gasteiger charge is -2.54. The van der Waals surface area contributed by atoms with Gasteiger partial charge in [-0.15, -0.1) is 0 Å². The highest BCUT2D eigenvalue weighted by molar-refractivity contribution is 5.33. The van der Waals surface area contributed by atoms with Crippen molar-refractivity contribution in [2.24, 2.45) is 22.2 Å². The Morgan fingerprint density at radius 1 is 1.20 bits per heavy atom. The van der Waals surface area contributed by atoms with Gasteiger partial charge < -0.3 is 0 Å². The first-order valence-electron chi connectivity index (χ1n) is 6.60. The van der Waals surface area contributed by atoms with Gasteiger partial charge in [-0.05, 0) is 54.8 Å². The largest absolute Gasteiger partial charge is 0.0847 e. The summed E-state index contributed by atoms with van der Waals surface area (Å²) < 4.78 is 0. The second-order valence-electron chi connectivity index (χ2n) is 7.18. The van der Waals surface area contributed by atoms with Crippen LogP contribution in [0.15, 0.2) is 11.6 Å². The molecule has 2 fully saturated rings. The third-order valence-corrected chi connectivity index (χ3v) is 6.20. The van der Waals surface area contributed by atoms with Gasteiger partial charge in [-0.1, -0.05) is 38.8 Å². The molecule has 1 spiro atoms. The van der Waals surface area contributed by atoms with E-state index in [-0.39, 0.29) is 0 Å². The second-order valence-corrected chi connectivity index (χ2v) is 7.18. The summed E-state index contributed by atoms with van der Waals surface area (Å²) in [6, 6.07) is 0. The first-order chi connectivity index (χ1) is 6.93. The van der Waals surface area contributed by atoms with Gasteiger partial charge in [-0.2, -0.15) is 0 Å². The van der Waals surface area contributed by atoms with E-state index >= 15 is 0 Å². The highest BCUT2D eigenvalue weighted by Crippen LogP contribution is 2.80. The summed E-state index contributed by atoms with van der Waals surface area (Å²) in [5.41, 5.74) is 3.58. The first kappa shape index (κ1) is 9.93. The Kier molecular flexibility index (Phi) is 1.67. The molecule has 0 N–H and O–H groups in total. The topological polar surface area (TPSA) is 0 Å². The molecule has 3 rings (SSSR count). The lowest BCUT2D eigenvalue weighted by atomic mass is 9.50. The van der Waals surface area contributed by atoms with Gasteiger partial charge in [0.2, 0.25) is 0 Å². The van der Waals surface area contributed by atoms with Gasteiger partial charge >= 0.3 is 0 Å². The van der Waals surface area contributed by atoms with Crippen LogP contribution in [0.25, 0.3) is 0 Å². The summed E-state index contributed by atoms with van der Waals surface area (Å²) in [6.07, 6.45) is 9.74. The predicted octanol–water partition coefficient (Wildman–Crippen LogP) is 4.56. The van der Waals surface area contributed by atoms with Crippen molar-refractivity contribution in [2.45, 2.75) is 59.8 Å². The zero-order valence-electron chi connectivity index (χ0n) is 10.7. The van der Waals surface area contributed by atoms with Gasteiger partial charge in [0.1, 0.15) is 0 Å². The monoisotopic (exact) mass is 204 g/mol. The number of allylic oxidation sites excluding steroid dienone is 2. The molecule has 0 aliphatic heterocycles. The lowest BCUT2D eigenvalue weighted by Crippen LogP contribution is -2.46. The molecule has 2 saturated carbocycles. The Hall–Kier alpha value is -0.260. The van der Waals surface area contributed by atoms with E-state index in [9.17, 15) is 0 Å². The second kappa shape index (κ2) is 2.52. The third kappa shape index (κ3) is 0.946. The average molecular weight is 204 g/mol. The molecule has 0 aromatic rings. The summed E-state index contributed by atoms with van der Waals surface area (Å²) in [7, 11) is 0. The van der Waals surface area contributed by atoms with Gasteiger partial charge in [0.05, 0.1) is 0 Å². The van der Waals surface area contributed by atoms with Crippen molar-refractivity contribution in [3.8, 4) is 0 Å². The molecule has 0 nitrogen and oxygen atoms in total. The van der Waals surface area contributed by atoms with E-state index in [0.29, 0.717) is 16.2 Å². The Balaban J connectivity index is 2.10. The van der Waals surface area contributed by atoms with Crippen LogP contribution in [0.3, 0.4) is 0 Å². The number of hydrogen-bond donors (Lipinski definition) is 0. The molecular formula is C15H24. The van der Waals surface area contributed by atoms with E-state index < -0.39 is 0 Å². The Bertz CT molecular complexity index is 336. The summed E-state index contributed by atoms with van der Waals surface area (Å²) >= 11 is 0. The van der Waals surface area contributed by atoms with E-state index in [1.807, 2.05) is 0 Å². The third-order valence-electron chi connectivity index (χ3n) is 6.20. The van der Waals surface area contributed by atoms with E-state index in [1.165, 1.54) is 32.1 Å². The lowest BCUT2D eigenvalue weighted by molar-refractivity contribution is -0.0346. The maximum atomic E-state index is 2.57. The van der Waals surface area contributed by atoms with Crippen LogP contribution in [-0.2, 0) is 0 Å². The van der Waals surface area contributed by atoms with Gasteiger partial charge in [0, 0.05) is 0 Å². The van der Waals surface area contributed by atoms with Crippen molar-refractivity contribution in [3.63, 3.8) is 0 Å². The van der Waals surface area contributed by atoms with Crippen molar-refractivity contribution in [1.82, 2.24) is 0 Å². The molecule has 0 unspecified atom stereocenters. The maximum absolute atomic E-state index is 2.57. The van der Waals surface area contributed by atoms with Gasteiger partial charge in [-0.25, -0.2) is 0 Å². The molecule has 0 aromatic carbocycles. The Labute approximate surface area is 94.1 Å². The Morgan fingerprint density at radius 2 is 1.93 bits per heavy atom. The molecule has 3 atom stereocenters. The smallest absolute Gasteiger partial charge is 0.0118 e. The zero-order valence-corrected chi connectivity index (χ0v) is 10.7. The molecule has 0 radical (unpaired) electrons. The van der Waals surface area contributed by atoms with Gasteiger partial charge in [-0.3, -0.25) is 0 Å². The van der Waals surface area contributed by atoms with E-state index in [1.54, 1.807) is 5.57 Å². The SMILES string of the molecule is CC1=CC[C@]2(C)CCCC(C)(C)[C@@]23C[C@@H]13. The molecule has 3 aliphatic rings. The fourth-order valence-corrected chi connectivity index (χ4v) is 5.22. The quantitative estimate of drug-likeness (QED) is 0.507. The highest BCUT2D eigenvalue weighted by atomic mass is 14.8. The van der Waals surface area contributed by atoms with Crippen LogP contribution in [0, 0.1) is 22.2 Å². The Morgan fingerprint density at radius 3 is 2.67 bits per heavy atom. The van der Waals surface area contributed by atoms with Crippen LogP contribution >= 0.6 is 0 Å². The van der Waals surface area contributed by atoms with Crippen LogP contribution in [0.4, 0.5) is 0 Å². The summed E-state index contributed by atoms with van der Waals surface area (Å²) in [5.74, 6) is 0.937. The molecule has 84 valence electrons. The summed E-state index contributed by atoms with van der Waals surface area (Å²) in [6.45, 7) is 9.99. The van der Waals surface area contributed by atoms with Crippen LogP contribution in [0.1, 0.15) is 59.8 Å². The standard InChI is InChI=1S/C15H24/c1-11-6-9-14(4)8-5-7-13(2,3)15(14)10-12(11)15/h6,12H,5,7-10H2,1-4H3/t12-,14-,15-/m0/s1. The summed E-state index contributed by atoms with van der Waals surface area (Å²) in [5, 5.41) is 0. The molecule has 0 saturated heterocycles. The van der Waals surface area contributed by atoms with Crippen molar-refractivity contribution in [1.29, 1.82) is 0 Å². The molecule has 0 heteroatoms. The minimum Gasteiger partial charge on any atom is -0.0847 e. The van der Waals surface area contributed by atoms with Gasteiger partial charge in [0.25, 0.3) is 0 Å². The minimum absolute atomic E-state index is 0.584. The number of rotatable bonds is 0. The molecule has 0 bridgehead atoms. The maximum Gasteiger partial charge on any atom is -0.0118 e. The van der Waals surface area contributed by atoms with Crippen molar-refractivity contribution in [3.05, 3.63) is 11.6 Å². The zero-order chi connectivity index (χ0) is 10.9. The predicted molar refractivity (Wildman–Crippen MR) is 64.7 cm³/mol. The molecular weight excluding hydrogens is 180 g/mol. The highest BCUT2D eigenvalue weighted by Gasteiger charge is 2.72. The molecule has 0 amide bonds. The molecule has 0 aromatic heterocycles. The van der Waals surface area contributed by atoms with E-state index in [2.05, 4.69) is 33.8 Å². The fraction of sp³-hybridized carbons (Fsp3) is 0.867. The fourth-order valence-electron chi connectivity index (χ4n) is 5.22. The van der Waals surface area contributed by atoms with E-state index in [4.69, 9.17) is 0 Å². The molecule has 0 heterocycles. The van der Waals surface area contributed by atoms with Crippen LogP contribution in [0.2, 0.25) is 0 Å². The van der Waals surface area contributed by atoms with Crippen LogP contribution in [-0.4, -0.2) is 0 Å². The number of hydrogen-bond acceptors (Lipinski definition) is 0. The first-order valence-corrected chi connectivity index (χ1v) is 6.60. The minimum atomic E-state index is 0.584. The van der Waals surface area contributed by atoms with E-state index in [0.717, 1.165) is 5.92 Å². The van der Waals surface area contributed by atoms with Crippen molar-refractivity contribution in [2.75, 3.05) is 0 Å². The van der Waals surface area contributed by atoms with Gasteiger partial charge in [0.15, 0.2) is 0 Å².